The van der Waals surface area contributed by atoms with E-state index >= 15 is 0 Å². The first-order chi connectivity index (χ1) is 11.8. The van der Waals surface area contributed by atoms with Crippen LogP contribution in [0, 0.1) is 11.6 Å². The lowest BCUT2D eigenvalue weighted by atomic mass is 10.0. The summed E-state index contributed by atoms with van der Waals surface area (Å²) < 4.78 is 65.3. The van der Waals surface area contributed by atoms with Gasteiger partial charge in [-0.2, -0.15) is 13.2 Å². The fourth-order valence-electron chi connectivity index (χ4n) is 2.10. The van der Waals surface area contributed by atoms with Gasteiger partial charge < -0.3 is 0 Å². The van der Waals surface area contributed by atoms with Gasteiger partial charge in [0, 0.05) is 11.1 Å². The van der Waals surface area contributed by atoms with Crippen LogP contribution in [0.1, 0.15) is 5.69 Å². The van der Waals surface area contributed by atoms with E-state index in [1.165, 1.54) is 6.07 Å². The highest BCUT2D eigenvalue weighted by Crippen LogP contribution is 2.34. The van der Waals surface area contributed by atoms with Gasteiger partial charge in [0.15, 0.2) is 11.6 Å². The van der Waals surface area contributed by atoms with Crippen molar-refractivity contribution in [1.29, 1.82) is 0 Å². The van der Waals surface area contributed by atoms with Gasteiger partial charge in [-0.1, -0.05) is 11.6 Å². The Morgan fingerprint density at radius 2 is 1.64 bits per heavy atom. The van der Waals surface area contributed by atoms with Gasteiger partial charge in [0.1, 0.15) is 28.6 Å². The van der Waals surface area contributed by atoms with Crippen LogP contribution < -0.4 is 0 Å². The fourth-order valence-corrected chi connectivity index (χ4v) is 2.31. The number of nitrogens with zero attached hydrogens (tertiary/aromatic N) is 4. The number of benzene rings is 1. The molecule has 0 N–H and O–H groups in total. The summed E-state index contributed by atoms with van der Waals surface area (Å²) in [6.07, 6.45) is -3.69. The molecular weight excluding hydrogens is 367 g/mol. The Balaban J connectivity index is 2.20. The van der Waals surface area contributed by atoms with Crippen molar-refractivity contribution < 1.29 is 22.0 Å². The summed E-state index contributed by atoms with van der Waals surface area (Å²) in [4.78, 5) is 7.13. The molecule has 128 valence electrons. The number of rotatable bonds is 2. The molecule has 1 aromatic carbocycles. The average Bonchev–Trinajstić information content (AvgIpc) is 2.56. The van der Waals surface area contributed by atoms with Crippen molar-refractivity contribution in [1.82, 2.24) is 20.2 Å². The molecule has 0 aliphatic carbocycles. The number of alkyl halides is 3. The van der Waals surface area contributed by atoms with Gasteiger partial charge >= 0.3 is 6.18 Å². The van der Waals surface area contributed by atoms with Crippen LogP contribution in [0.5, 0.6) is 0 Å². The van der Waals surface area contributed by atoms with Gasteiger partial charge in [0.25, 0.3) is 0 Å². The molecule has 3 aromatic rings. The van der Waals surface area contributed by atoms with Crippen molar-refractivity contribution in [2.45, 2.75) is 6.18 Å². The monoisotopic (exact) mass is 372 g/mol. The maximum absolute atomic E-state index is 13.5. The van der Waals surface area contributed by atoms with Crippen LogP contribution in [0.25, 0.3) is 22.5 Å². The second-order valence-corrected chi connectivity index (χ2v) is 5.23. The van der Waals surface area contributed by atoms with Gasteiger partial charge in [-0.05, 0) is 30.3 Å². The van der Waals surface area contributed by atoms with E-state index in [-0.39, 0.29) is 22.5 Å². The molecule has 0 unspecified atom stereocenters. The molecule has 0 amide bonds. The summed E-state index contributed by atoms with van der Waals surface area (Å²) in [5, 5.41) is 6.88. The second-order valence-electron chi connectivity index (χ2n) is 4.85. The minimum Gasteiger partial charge on any atom is -0.232 e. The highest BCUT2D eigenvalue weighted by Gasteiger charge is 2.33. The smallest absolute Gasteiger partial charge is 0.232 e. The minimum atomic E-state index is -4.72. The third-order valence-electron chi connectivity index (χ3n) is 3.17. The van der Waals surface area contributed by atoms with Crippen LogP contribution in [-0.4, -0.2) is 20.2 Å². The summed E-state index contributed by atoms with van der Waals surface area (Å²) in [5.74, 6) is -2.20. The van der Waals surface area contributed by atoms with E-state index in [2.05, 4.69) is 20.2 Å². The standard InChI is InChI=1S/C15H6ClF5N4/c16-12-5-8(4-11(24-12)15(19,20)21)14-13(22-6-23-25-14)7-1-2-9(17)10(18)3-7/h1-6H. The van der Waals surface area contributed by atoms with Crippen LogP contribution in [0.4, 0.5) is 22.0 Å². The number of aromatic nitrogens is 4. The molecule has 0 bridgehead atoms. The molecule has 0 aliphatic rings. The Morgan fingerprint density at radius 1 is 0.880 bits per heavy atom. The zero-order valence-electron chi connectivity index (χ0n) is 12.0. The van der Waals surface area contributed by atoms with E-state index in [0.717, 1.165) is 30.6 Å². The summed E-state index contributed by atoms with van der Waals surface area (Å²) in [7, 11) is 0. The molecule has 10 heteroatoms. The Morgan fingerprint density at radius 3 is 2.32 bits per heavy atom. The SMILES string of the molecule is Fc1ccc(-c2ncnnc2-c2cc(Cl)nc(C(F)(F)F)c2)cc1F. The molecule has 3 rings (SSSR count). The van der Waals surface area contributed by atoms with E-state index in [9.17, 15) is 22.0 Å². The molecule has 0 saturated heterocycles. The van der Waals surface area contributed by atoms with Gasteiger partial charge in [-0.25, -0.2) is 18.7 Å². The first kappa shape index (κ1) is 17.2. The van der Waals surface area contributed by atoms with Gasteiger partial charge in [0.2, 0.25) is 0 Å². The zero-order valence-corrected chi connectivity index (χ0v) is 12.8. The second kappa shape index (κ2) is 6.32. The lowest BCUT2D eigenvalue weighted by molar-refractivity contribution is -0.141. The normalized spacial score (nSPS) is 11.6. The molecule has 0 atom stereocenters. The molecule has 25 heavy (non-hydrogen) atoms. The van der Waals surface area contributed by atoms with E-state index in [4.69, 9.17) is 11.6 Å². The summed E-state index contributed by atoms with van der Waals surface area (Å²) in [6.45, 7) is 0. The molecule has 0 fully saturated rings. The quantitative estimate of drug-likeness (QED) is 0.489. The topological polar surface area (TPSA) is 51.6 Å². The lowest BCUT2D eigenvalue weighted by Crippen LogP contribution is -2.08. The largest absolute Gasteiger partial charge is 0.433 e. The summed E-state index contributed by atoms with van der Waals surface area (Å²) in [5.41, 5.74) is -1.23. The highest BCUT2D eigenvalue weighted by molar-refractivity contribution is 6.29. The number of halogens is 6. The predicted octanol–water partition coefficient (Wildman–Crippen LogP) is 4.55. The third kappa shape index (κ3) is 3.55. The van der Waals surface area contributed by atoms with Crippen LogP contribution in [-0.2, 0) is 6.18 Å². The molecular formula is C15H6ClF5N4. The Labute approximate surface area is 142 Å². The van der Waals surface area contributed by atoms with Crippen LogP contribution in [0.3, 0.4) is 0 Å². The third-order valence-corrected chi connectivity index (χ3v) is 3.37. The number of hydrogen-bond donors (Lipinski definition) is 0. The van der Waals surface area contributed by atoms with Crippen molar-refractivity contribution >= 4 is 11.6 Å². The summed E-state index contributed by atoms with van der Waals surface area (Å²) >= 11 is 5.66. The van der Waals surface area contributed by atoms with Gasteiger partial charge in [-0.3, -0.25) is 0 Å². The highest BCUT2D eigenvalue weighted by atomic mass is 35.5. The van der Waals surface area contributed by atoms with E-state index in [1.54, 1.807) is 0 Å². The molecule has 2 aromatic heterocycles. The molecule has 0 spiro atoms. The van der Waals surface area contributed by atoms with Crippen molar-refractivity contribution in [3.05, 3.63) is 59.1 Å². The number of hydrogen-bond acceptors (Lipinski definition) is 4. The van der Waals surface area contributed by atoms with Crippen LogP contribution in [0.15, 0.2) is 36.7 Å². The molecule has 0 radical (unpaired) electrons. The first-order valence-electron chi connectivity index (χ1n) is 6.64. The van der Waals surface area contributed by atoms with E-state index < -0.39 is 28.7 Å². The Hall–Kier alpha value is -2.68. The predicted molar refractivity (Wildman–Crippen MR) is 78.4 cm³/mol. The molecule has 0 aliphatic heterocycles. The molecule has 4 nitrogen and oxygen atoms in total. The number of pyridine rings is 1. The first-order valence-corrected chi connectivity index (χ1v) is 7.02. The summed E-state index contributed by atoms with van der Waals surface area (Å²) in [6, 6.07) is 4.82. The van der Waals surface area contributed by atoms with E-state index in [0.29, 0.717) is 0 Å². The van der Waals surface area contributed by atoms with Crippen molar-refractivity contribution in [3.63, 3.8) is 0 Å². The van der Waals surface area contributed by atoms with Gasteiger partial charge in [0.05, 0.1) is 0 Å². The van der Waals surface area contributed by atoms with Gasteiger partial charge in [-0.15, -0.1) is 10.2 Å². The van der Waals surface area contributed by atoms with Crippen molar-refractivity contribution in [3.8, 4) is 22.5 Å². The van der Waals surface area contributed by atoms with Crippen molar-refractivity contribution in [2.75, 3.05) is 0 Å². The van der Waals surface area contributed by atoms with Crippen molar-refractivity contribution in [2.24, 2.45) is 0 Å². The van der Waals surface area contributed by atoms with E-state index in [1.807, 2.05) is 0 Å². The minimum absolute atomic E-state index is 0.0179. The zero-order chi connectivity index (χ0) is 18.2. The maximum atomic E-state index is 13.5. The molecule has 2 heterocycles. The lowest BCUT2D eigenvalue weighted by Gasteiger charge is -2.11. The fraction of sp³-hybridized carbons (Fsp3) is 0.0667. The molecule has 0 saturated carbocycles. The maximum Gasteiger partial charge on any atom is 0.433 e. The Kier molecular flexibility index (Phi) is 4.34. The van der Waals surface area contributed by atoms with Crippen LogP contribution in [0.2, 0.25) is 5.15 Å². The van der Waals surface area contributed by atoms with Crippen LogP contribution >= 0.6 is 11.6 Å². The Bertz CT molecular complexity index is 945. The average molecular weight is 373 g/mol.